The maximum Gasteiger partial charge on any atom is 0.140 e. The predicted molar refractivity (Wildman–Crippen MR) is 236 cm³/mol. The molecule has 0 aromatic heterocycles. The Balaban J connectivity index is 1.10. The van der Waals surface area contributed by atoms with E-state index in [1.54, 1.807) is 0 Å². The molecule has 266 valence electrons. The Morgan fingerprint density at radius 1 is 0.351 bits per heavy atom. The summed E-state index contributed by atoms with van der Waals surface area (Å²) in [4.78, 5) is 2.40. The summed E-state index contributed by atoms with van der Waals surface area (Å²) in [6.07, 6.45) is 0. The van der Waals surface area contributed by atoms with Crippen molar-refractivity contribution in [2.45, 2.75) is 5.41 Å². The molecule has 10 aromatic carbocycles. The van der Waals surface area contributed by atoms with E-state index in [0.29, 0.717) is 0 Å². The molecule has 0 bridgehead atoms. The highest BCUT2D eigenvalue weighted by atomic mass is 16.5. The van der Waals surface area contributed by atoms with Gasteiger partial charge in [-0.15, -0.1) is 0 Å². The zero-order valence-corrected chi connectivity index (χ0v) is 31.1. The standard InChI is InChI=1S/C55H35NO/c1-2-17-40(18-3-1)56(41-29-26-36-14-4-5-16-38(36)34-41)52-33-31-42(44-20-8-9-22-47(44)52)39-27-30-46-45-21-10-11-23-48(45)55(51(46)35-39)49-24-12-13-25-53(49)57-54-43-19-7-6-15-37(43)28-32-50(54)55/h1-35H. The first-order valence-corrected chi connectivity index (χ1v) is 19.7. The van der Waals surface area contributed by atoms with Gasteiger partial charge >= 0.3 is 0 Å². The highest BCUT2D eigenvalue weighted by molar-refractivity contribution is 6.07. The lowest BCUT2D eigenvalue weighted by Crippen LogP contribution is -2.32. The minimum Gasteiger partial charge on any atom is -0.456 e. The third-order valence-corrected chi connectivity index (χ3v) is 12.3. The first-order valence-electron chi connectivity index (χ1n) is 19.7. The zero-order chi connectivity index (χ0) is 37.5. The van der Waals surface area contributed by atoms with Gasteiger partial charge < -0.3 is 9.64 Å². The van der Waals surface area contributed by atoms with Crippen LogP contribution in [0.1, 0.15) is 22.3 Å². The van der Waals surface area contributed by atoms with Crippen molar-refractivity contribution in [3.63, 3.8) is 0 Å². The largest absolute Gasteiger partial charge is 0.456 e. The number of hydrogen-bond acceptors (Lipinski definition) is 2. The summed E-state index contributed by atoms with van der Waals surface area (Å²) < 4.78 is 6.91. The van der Waals surface area contributed by atoms with Crippen LogP contribution in [-0.2, 0) is 5.41 Å². The third kappa shape index (κ3) is 4.59. The molecule has 1 unspecified atom stereocenters. The van der Waals surface area contributed by atoms with E-state index in [1.165, 1.54) is 71.4 Å². The highest BCUT2D eigenvalue weighted by Crippen LogP contribution is 2.63. The molecular weight excluding hydrogens is 691 g/mol. The maximum atomic E-state index is 6.91. The molecule has 1 aliphatic carbocycles. The number of anilines is 3. The van der Waals surface area contributed by atoms with Crippen LogP contribution < -0.4 is 9.64 Å². The monoisotopic (exact) mass is 725 g/mol. The Morgan fingerprint density at radius 3 is 1.88 bits per heavy atom. The molecule has 10 aromatic rings. The van der Waals surface area contributed by atoms with Gasteiger partial charge in [-0.1, -0.05) is 170 Å². The van der Waals surface area contributed by atoms with Crippen molar-refractivity contribution in [3.8, 4) is 33.8 Å². The van der Waals surface area contributed by atoms with Crippen LogP contribution in [0, 0.1) is 0 Å². The quantitative estimate of drug-likeness (QED) is 0.179. The van der Waals surface area contributed by atoms with Gasteiger partial charge in [0.1, 0.15) is 11.5 Å². The van der Waals surface area contributed by atoms with E-state index in [-0.39, 0.29) is 0 Å². The van der Waals surface area contributed by atoms with Crippen LogP contribution in [-0.4, -0.2) is 0 Å². The minimum absolute atomic E-state index is 0.563. The maximum absolute atomic E-state index is 6.91. The van der Waals surface area contributed by atoms with Gasteiger partial charge in [0, 0.05) is 33.3 Å². The fraction of sp³-hybridized carbons (Fsp3) is 0.0182. The molecule has 1 atom stereocenters. The van der Waals surface area contributed by atoms with Gasteiger partial charge in [-0.25, -0.2) is 0 Å². The Labute approximate surface area is 331 Å². The van der Waals surface area contributed by atoms with Crippen molar-refractivity contribution in [1.82, 2.24) is 0 Å². The number of benzene rings is 10. The van der Waals surface area contributed by atoms with Crippen LogP contribution in [0.25, 0.3) is 54.6 Å². The van der Waals surface area contributed by atoms with E-state index in [2.05, 4.69) is 217 Å². The molecule has 2 aliphatic rings. The third-order valence-electron chi connectivity index (χ3n) is 12.3. The van der Waals surface area contributed by atoms with Crippen molar-refractivity contribution in [3.05, 3.63) is 235 Å². The summed E-state index contributed by atoms with van der Waals surface area (Å²) in [6.45, 7) is 0. The molecule has 2 heteroatoms. The number of para-hydroxylation sites is 2. The average molecular weight is 726 g/mol. The second kappa shape index (κ2) is 12.3. The van der Waals surface area contributed by atoms with E-state index in [4.69, 9.17) is 4.74 Å². The van der Waals surface area contributed by atoms with Gasteiger partial charge in [0.15, 0.2) is 0 Å². The summed E-state index contributed by atoms with van der Waals surface area (Å²) in [5, 5.41) is 7.15. The Hall–Kier alpha value is -7.42. The number of hydrogen-bond donors (Lipinski definition) is 0. The minimum atomic E-state index is -0.563. The molecular formula is C55H35NO. The number of fused-ring (bicyclic) bond motifs is 13. The van der Waals surface area contributed by atoms with Gasteiger partial charge in [-0.2, -0.15) is 0 Å². The Morgan fingerprint density at radius 2 is 1.00 bits per heavy atom. The van der Waals surface area contributed by atoms with E-state index < -0.39 is 5.41 Å². The molecule has 2 nitrogen and oxygen atoms in total. The summed E-state index contributed by atoms with van der Waals surface area (Å²) >= 11 is 0. The molecule has 1 spiro atoms. The molecule has 0 saturated heterocycles. The van der Waals surface area contributed by atoms with Gasteiger partial charge in [0.05, 0.1) is 11.1 Å². The van der Waals surface area contributed by atoms with Gasteiger partial charge in [0.25, 0.3) is 0 Å². The normalized spacial score (nSPS) is 14.9. The number of nitrogens with zero attached hydrogens (tertiary/aromatic N) is 1. The molecule has 0 fully saturated rings. The second-order valence-electron chi connectivity index (χ2n) is 15.2. The molecule has 0 radical (unpaired) electrons. The Kier molecular flexibility index (Phi) is 6.88. The number of ether oxygens (including phenoxy) is 1. The van der Waals surface area contributed by atoms with Crippen LogP contribution in [0.5, 0.6) is 11.5 Å². The fourth-order valence-electron chi connectivity index (χ4n) is 9.85. The van der Waals surface area contributed by atoms with Crippen LogP contribution in [0.2, 0.25) is 0 Å². The van der Waals surface area contributed by atoms with Crippen LogP contribution in [0.4, 0.5) is 17.1 Å². The first kappa shape index (κ1) is 31.9. The van der Waals surface area contributed by atoms with Crippen molar-refractivity contribution in [2.75, 3.05) is 4.90 Å². The Bertz CT molecular complexity index is 3240. The lowest BCUT2D eigenvalue weighted by atomic mass is 9.65. The molecule has 1 aliphatic heterocycles. The van der Waals surface area contributed by atoms with Crippen LogP contribution >= 0.6 is 0 Å². The van der Waals surface area contributed by atoms with Crippen molar-refractivity contribution < 1.29 is 4.74 Å². The lowest BCUT2D eigenvalue weighted by Gasteiger charge is -2.40. The molecule has 0 N–H and O–H groups in total. The van der Waals surface area contributed by atoms with Crippen LogP contribution in [0.15, 0.2) is 212 Å². The van der Waals surface area contributed by atoms with Gasteiger partial charge in [0.2, 0.25) is 0 Å². The van der Waals surface area contributed by atoms with E-state index in [0.717, 1.165) is 33.9 Å². The lowest BCUT2D eigenvalue weighted by molar-refractivity contribution is 0.442. The summed E-state index contributed by atoms with van der Waals surface area (Å²) in [5.74, 6) is 1.84. The van der Waals surface area contributed by atoms with E-state index in [1.807, 2.05) is 0 Å². The summed E-state index contributed by atoms with van der Waals surface area (Å²) in [7, 11) is 0. The second-order valence-corrected chi connectivity index (χ2v) is 15.2. The van der Waals surface area contributed by atoms with Crippen molar-refractivity contribution >= 4 is 49.4 Å². The smallest absolute Gasteiger partial charge is 0.140 e. The molecule has 0 amide bonds. The zero-order valence-electron chi connectivity index (χ0n) is 31.1. The van der Waals surface area contributed by atoms with Crippen LogP contribution in [0.3, 0.4) is 0 Å². The highest BCUT2D eigenvalue weighted by Gasteiger charge is 2.51. The van der Waals surface area contributed by atoms with Crippen molar-refractivity contribution in [1.29, 1.82) is 0 Å². The molecule has 12 rings (SSSR count). The molecule has 57 heavy (non-hydrogen) atoms. The summed E-state index contributed by atoms with van der Waals surface area (Å²) in [5.41, 5.74) is 12.7. The molecule has 0 saturated carbocycles. The fourth-order valence-corrected chi connectivity index (χ4v) is 9.85. The number of rotatable bonds is 4. The SMILES string of the molecule is c1ccc(N(c2ccc3ccccc3c2)c2ccc(-c3ccc4c(c3)C3(c5ccccc5Oc5c3ccc3ccccc53)c3ccccc3-4)c3ccccc23)cc1. The molecule has 1 heterocycles. The van der Waals surface area contributed by atoms with Gasteiger partial charge in [-0.05, 0) is 97.4 Å². The van der Waals surface area contributed by atoms with Crippen molar-refractivity contribution in [2.24, 2.45) is 0 Å². The van der Waals surface area contributed by atoms with Gasteiger partial charge in [-0.3, -0.25) is 0 Å². The average Bonchev–Trinajstić information content (AvgIpc) is 3.56. The predicted octanol–water partition coefficient (Wildman–Crippen LogP) is 14.8. The van der Waals surface area contributed by atoms with E-state index in [9.17, 15) is 0 Å². The summed E-state index contributed by atoms with van der Waals surface area (Å²) in [6, 6.07) is 77.5. The topological polar surface area (TPSA) is 12.5 Å². The van der Waals surface area contributed by atoms with E-state index >= 15 is 0 Å². The first-order chi connectivity index (χ1) is 28.3.